The maximum atomic E-state index is 12.2. The molecule has 0 bridgehead atoms. The summed E-state index contributed by atoms with van der Waals surface area (Å²) < 4.78 is 10.8. The van der Waals surface area contributed by atoms with Crippen molar-refractivity contribution in [2.45, 2.75) is 27.1 Å². The van der Waals surface area contributed by atoms with E-state index in [0.29, 0.717) is 11.4 Å². The number of carbonyl (C=O) groups is 2. The van der Waals surface area contributed by atoms with Gasteiger partial charge >= 0.3 is 11.9 Å². The molecule has 0 atom stereocenters. The summed E-state index contributed by atoms with van der Waals surface area (Å²) in [5.74, 6) is -0.885. The third-order valence-corrected chi connectivity index (χ3v) is 6.70. The number of esters is 2. The molecule has 0 unspecified atom stereocenters. The van der Waals surface area contributed by atoms with Gasteiger partial charge in [0.1, 0.15) is 23.2 Å². The van der Waals surface area contributed by atoms with Gasteiger partial charge in [-0.2, -0.15) is 0 Å². The molecule has 0 aliphatic heterocycles. The van der Waals surface area contributed by atoms with Crippen molar-refractivity contribution in [1.82, 2.24) is 19.9 Å². The fourth-order valence-corrected chi connectivity index (χ4v) is 4.35. The first-order chi connectivity index (χ1) is 17.5. The van der Waals surface area contributed by atoms with Gasteiger partial charge in [0, 0.05) is 47.7 Å². The second-order valence-electron chi connectivity index (χ2n) is 7.64. The summed E-state index contributed by atoms with van der Waals surface area (Å²) in [6.45, 7) is 3.83. The van der Waals surface area contributed by atoms with E-state index >= 15 is 0 Å². The molecule has 0 aliphatic carbocycles. The molecule has 10 heteroatoms. The zero-order valence-electron chi connectivity index (χ0n) is 19.6. The van der Waals surface area contributed by atoms with Gasteiger partial charge in [0.15, 0.2) is 0 Å². The number of aromatic nitrogens is 4. The molecule has 182 valence electrons. The number of hydrogen-bond acceptors (Lipinski definition) is 10. The van der Waals surface area contributed by atoms with E-state index in [4.69, 9.17) is 9.47 Å². The first kappa shape index (κ1) is 25.1. The molecule has 0 spiro atoms. The Morgan fingerprint density at radius 3 is 1.56 bits per heavy atom. The predicted molar refractivity (Wildman–Crippen MR) is 139 cm³/mol. The number of allylic oxidation sites excluding steroid dienone is 2. The number of rotatable bonds is 9. The quantitative estimate of drug-likeness (QED) is 0.216. The van der Waals surface area contributed by atoms with Crippen LogP contribution in [0.2, 0.25) is 0 Å². The molecule has 4 heterocycles. The van der Waals surface area contributed by atoms with Crippen molar-refractivity contribution in [1.29, 1.82) is 0 Å². The largest absolute Gasteiger partial charge is 0.458 e. The van der Waals surface area contributed by atoms with Gasteiger partial charge in [-0.1, -0.05) is 0 Å². The lowest BCUT2D eigenvalue weighted by molar-refractivity contribution is -0.139. The van der Waals surface area contributed by atoms with Gasteiger partial charge in [0.2, 0.25) is 0 Å². The SMILES string of the molecule is C/C(=C\C(=O)OCc1ccnc(-c2cc(COC(=O)/C=C(\C)c3nccs3)ccn2)c1)c1nccs1. The molecule has 4 aromatic heterocycles. The monoisotopic (exact) mass is 518 g/mol. The van der Waals surface area contributed by atoms with Crippen LogP contribution in [-0.2, 0) is 32.3 Å². The summed E-state index contributed by atoms with van der Waals surface area (Å²) in [6, 6.07) is 7.17. The van der Waals surface area contributed by atoms with E-state index in [1.165, 1.54) is 34.8 Å². The molecule has 0 saturated heterocycles. The van der Waals surface area contributed by atoms with Gasteiger partial charge in [-0.05, 0) is 60.4 Å². The van der Waals surface area contributed by atoms with Crippen molar-refractivity contribution < 1.29 is 19.1 Å². The molecule has 0 amide bonds. The average Bonchev–Trinajstić information content (AvgIpc) is 3.62. The Kier molecular flexibility index (Phi) is 8.43. The molecule has 0 fully saturated rings. The lowest BCUT2D eigenvalue weighted by atomic mass is 10.1. The van der Waals surface area contributed by atoms with Crippen molar-refractivity contribution >= 4 is 45.8 Å². The Morgan fingerprint density at radius 1 is 0.722 bits per heavy atom. The van der Waals surface area contributed by atoms with Crippen molar-refractivity contribution in [3.8, 4) is 11.4 Å². The van der Waals surface area contributed by atoms with Crippen LogP contribution in [0.25, 0.3) is 22.5 Å². The van der Waals surface area contributed by atoms with E-state index < -0.39 is 11.9 Å². The topological polar surface area (TPSA) is 104 Å². The van der Waals surface area contributed by atoms with Crippen LogP contribution in [0.4, 0.5) is 0 Å². The molecular weight excluding hydrogens is 496 g/mol. The second-order valence-corrected chi connectivity index (χ2v) is 9.43. The molecule has 0 saturated carbocycles. The van der Waals surface area contributed by atoms with Crippen LogP contribution in [0, 0.1) is 0 Å². The lowest BCUT2D eigenvalue weighted by Crippen LogP contribution is -2.03. The van der Waals surface area contributed by atoms with Crippen molar-refractivity contribution in [2.75, 3.05) is 0 Å². The lowest BCUT2D eigenvalue weighted by Gasteiger charge is -2.07. The van der Waals surface area contributed by atoms with E-state index in [9.17, 15) is 9.59 Å². The number of hydrogen-bond donors (Lipinski definition) is 0. The zero-order chi connectivity index (χ0) is 25.3. The minimum Gasteiger partial charge on any atom is -0.458 e. The van der Waals surface area contributed by atoms with Crippen molar-refractivity contribution in [2.24, 2.45) is 0 Å². The van der Waals surface area contributed by atoms with E-state index in [-0.39, 0.29) is 13.2 Å². The maximum absolute atomic E-state index is 12.2. The third-order valence-electron chi connectivity index (χ3n) is 4.88. The minimum absolute atomic E-state index is 0.0953. The minimum atomic E-state index is -0.442. The Hall–Kier alpha value is -4.02. The van der Waals surface area contributed by atoms with Gasteiger partial charge in [0.25, 0.3) is 0 Å². The van der Waals surface area contributed by atoms with Crippen molar-refractivity contribution in [3.63, 3.8) is 0 Å². The number of ether oxygens (including phenoxy) is 2. The highest BCUT2D eigenvalue weighted by molar-refractivity contribution is 7.10. The van der Waals surface area contributed by atoms with Crippen LogP contribution in [-0.4, -0.2) is 31.9 Å². The molecule has 8 nitrogen and oxygen atoms in total. The smallest absolute Gasteiger partial charge is 0.331 e. The highest BCUT2D eigenvalue weighted by Gasteiger charge is 2.09. The van der Waals surface area contributed by atoms with E-state index in [1.54, 1.807) is 36.9 Å². The Balaban J connectivity index is 1.36. The Morgan fingerprint density at radius 2 is 1.17 bits per heavy atom. The van der Waals surface area contributed by atoms with E-state index in [0.717, 1.165) is 32.3 Å². The molecular formula is C26H22N4O4S2. The molecule has 36 heavy (non-hydrogen) atoms. The molecule has 0 N–H and O–H groups in total. The van der Waals surface area contributed by atoms with Crippen LogP contribution in [0.1, 0.15) is 35.0 Å². The molecule has 0 radical (unpaired) electrons. The van der Waals surface area contributed by atoms with E-state index in [1.807, 2.05) is 36.7 Å². The standard InChI is InChI=1S/C26H22N4O4S2/c1-17(25-29-7-9-35-25)11-23(31)33-15-19-3-5-27-21(13-19)22-14-20(4-6-28-22)16-34-24(32)12-18(2)26-30-8-10-36-26/h3-14H,15-16H2,1-2H3/b17-11+,18-12+. The highest BCUT2D eigenvalue weighted by Crippen LogP contribution is 2.20. The fraction of sp³-hybridized carbons (Fsp3) is 0.154. The second kappa shape index (κ2) is 12.1. The summed E-state index contributed by atoms with van der Waals surface area (Å²) in [5.41, 5.74) is 4.28. The first-order valence-corrected chi connectivity index (χ1v) is 12.6. The zero-order valence-corrected chi connectivity index (χ0v) is 21.2. The maximum Gasteiger partial charge on any atom is 0.331 e. The van der Waals surface area contributed by atoms with Crippen molar-refractivity contribution in [3.05, 3.63) is 93.1 Å². The van der Waals surface area contributed by atoms with Crippen LogP contribution >= 0.6 is 22.7 Å². The van der Waals surface area contributed by atoms with E-state index in [2.05, 4.69) is 19.9 Å². The summed E-state index contributed by atoms with van der Waals surface area (Å²) in [4.78, 5) is 41.5. The number of nitrogens with zero attached hydrogens (tertiary/aromatic N) is 4. The summed E-state index contributed by atoms with van der Waals surface area (Å²) in [7, 11) is 0. The van der Waals surface area contributed by atoms with Gasteiger partial charge < -0.3 is 9.47 Å². The highest BCUT2D eigenvalue weighted by atomic mass is 32.1. The van der Waals surface area contributed by atoms with Gasteiger partial charge in [-0.25, -0.2) is 19.6 Å². The first-order valence-electron chi connectivity index (χ1n) is 10.9. The molecule has 0 aliphatic rings. The number of pyridine rings is 2. The van der Waals surface area contributed by atoms with Crippen LogP contribution < -0.4 is 0 Å². The predicted octanol–water partition coefficient (Wildman–Crippen LogP) is 5.35. The van der Waals surface area contributed by atoms with Gasteiger partial charge in [0.05, 0.1) is 11.4 Å². The number of thiazole rings is 2. The number of carbonyl (C=O) groups excluding carboxylic acids is 2. The van der Waals surface area contributed by atoms with Gasteiger partial charge in [-0.3, -0.25) is 9.97 Å². The normalized spacial score (nSPS) is 11.8. The van der Waals surface area contributed by atoms with Crippen LogP contribution in [0.15, 0.2) is 72.0 Å². The average molecular weight is 519 g/mol. The fourth-order valence-electron chi connectivity index (χ4n) is 3.11. The van der Waals surface area contributed by atoms with Crippen LogP contribution in [0.5, 0.6) is 0 Å². The Labute approximate surface area is 216 Å². The molecule has 4 aromatic rings. The Bertz CT molecular complexity index is 1290. The van der Waals surface area contributed by atoms with Crippen LogP contribution in [0.3, 0.4) is 0 Å². The van der Waals surface area contributed by atoms with Gasteiger partial charge in [-0.15, -0.1) is 22.7 Å². The molecule has 4 rings (SSSR count). The summed E-state index contributed by atoms with van der Waals surface area (Å²) >= 11 is 2.92. The summed E-state index contributed by atoms with van der Waals surface area (Å²) in [5, 5.41) is 5.26. The third kappa shape index (κ3) is 7.00. The molecule has 0 aromatic carbocycles. The summed E-state index contributed by atoms with van der Waals surface area (Å²) in [6.07, 6.45) is 9.51.